The van der Waals surface area contributed by atoms with Crippen LogP contribution in [0, 0.1) is 6.92 Å². The van der Waals surface area contributed by atoms with Crippen LogP contribution in [0.15, 0.2) is 18.2 Å². The highest BCUT2D eigenvalue weighted by molar-refractivity contribution is 5.38. The molecule has 1 saturated carbocycles. The third-order valence-corrected chi connectivity index (χ3v) is 3.02. The molecule has 88 valence electrons. The van der Waals surface area contributed by atoms with Crippen LogP contribution in [0.3, 0.4) is 0 Å². The first kappa shape index (κ1) is 10.3. The van der Waals surface area contributed by atoms with Gasteiger partial charge in [0.2, 0.25) is 0 Å². The lowest BCUT2D eigenvalue weighted by atomic mass is 10.2. The standard InChI is InChI=1S/C12H15N5/c1-8-3-2-4-10(14-8)7-17-11(9-5-6-9)12(13)15-16-17/h2-4,9H,5-7,13H2,1H3. The van der Waals surface area contributed by atoms with E-state index < -0.39 is 0 Å². The maximum Gasteiger partial charge on any atom is 0.169 e. The molecule has 1 fully saturated rings. The minimum atomic E-state index is 0.551. The second-order valence-electron chi connectivity index (χ2n) is 4.56. The molecular formula is C12H15N5. The van der Waals surface area contributed by atoms with Crippen LogP contribution in [0.5, 0.6) is 0 Å². The number of aryl methyl sites for hydroxylation is 1. The molecule has 2 heterocycles. The van der Waals surface area contributed by atoms with Gasteiger partial charge in [-0.3, -0.25) is 4.98 Å². The average molecular weight is 229 g/mol. The van der Waals surface area contributed by atoms with E-state index in [1.54, 1.807) is 0 Å². The highest BCUT2D eigenvalue weighted by Gasteiger charge is 2.30. The van der Waals surface area contributed by atoms with Crippen molar-refractivity contribution in [2.24, 2.45) is 0 Å². The Morgan fingerprint density at radius 3 is 2.94 bits per heavy atom. The normalized spacial score (nSPS) is 15.1. The zero-order chi connectivity index (χ0) is 11.8. The maximum atomic E-state index is 5.85. The number of nitrogen functional groups attached to an aromatic ring is 1. The molecule has 0 unspecified atom stereocenters. The van der Waals surface area contributed by atoms with Crippen molar-refractivity contribution < 1.29 is 0 Å². The number of nitrogens with two attached hydrogens (primary N) is 1. The fourth-order valence-electron chi connectivity index (χ4n) is 2.07. The molecular weight excluding hydrogens is 214 g/mol. The van der Waals surface area contributed by atoms with Gasteiger partial charge in [0.25, 0.3) is 0 Å². The van der Waals surface area contributed by atoms with E-state index in [2.05, 4.69) is 15.3 Å². The van der Waals surface area contributed by atoms with Crippen molar-refractivity contribution in [2.45, 2.75) is 32.2 Å². The van der Waals surface area contributed by atoms with Gasteiger partial charge >= 0.3 is 0 Å². The maximum absolute atomic E-state index is 5.85. The topological polar surface area (TPSA) is 69.6 Å². The van der Waals surface area contributed by atoms with E-state index in [0.717, 1.165) is 17.1 Å². The number of aromatic nitrogens is 4. The van der Waals surface area contributed by atoms with Crippen molar-refractivity contribution in [3.8, 4) is 0 Å². The summed E-state index contributed by atoms with van der Waals surface area (Å²) in [6.07, 6.45) is 2.39. The molecule has 0 aliphatic heterocycles. The van der Waals surface area contributed by atoms with Gasteiger partial charge in [0.05, 0.1) is 17.9 Å². The van der Waals surface area contributed by atoms with E-state index in [1.165, 1.54) is 12.8 Å². The fraction of sp³-hybridized carbons (Fsp3) is 0.417. The highest BCUT2D eigenvalue weighted by atomic mass is 15.4. The molecule has 0 aromatic carbocycles. The molecule has 0 saturated heterocycles. The molecule has 1 aliphatic rings. The van der Waals surface area contributed by atoms with Crippen molar-refractivity contribution >= 4 is 5.82 Å². The average Bonchev–Trinajstić information content (AvgIpc) is 3.05. The minimum Gasteiger partial charge on any atom is -0.381 e. The molecule has 0 spiro atoms. The molecule has 3 rings (SSSR count). The van der Waals surface area contributed by atoms with Gasteiger partial charge in [0.15, 0.2) is 5.82 Å². The van der Waals surface area contributed by atoms with Gasteiger partial charge in [-0.2, -0.15) is 0 Å². The van der Waals surface area contributed by atoms with E-state index in [-0.39, 0.29) is 0 Å². The number of pyridine rings is 1. The minimum absolute atomic E-state index is 0.551. The summed E-state index contributed by atoms with van der Waals surface area (Å²) in [6, 6.07) is 6.00. The zero-order valence-corrected chi connectivity index (χ0v) is 9.80. The molecule has 0 radical (unpaired) electrons. The van der Waals surface area contributed by atoms with E-state index in [4.69, 9.17) is 5.73 Å². The monoisotopic (exact) mass is 229 g/mol. The number of rotatable bonds is 3. The van der Waals surface area contributed by atoms with Crippen molar-refractivity contribution in [3.05, 3.63) is 35.3 Å². The van der Waals surface area contributed by atoms with Gasteiger partial charge in [-0.15, -0.1) is 5.10 Å². The number of nitrogens with zero attached hydrogens (tertiary/aromatic N) is 4. The Morgan fingerprint density at radius 2 is 2.24 bits per heavy atom. The quantitative estimate of drug-likeness (QED) is 0.865. The molecule has 2 aromatic rings. The molecule has 5 heteroatoms. The van der Waals surface area contributed by atoms with Crippen molar-refractivity contribution in [1.29, 1.82) is 0 Å². The van der Waals surface area contributed by atoms with Gasteiger partial charge in [0.1, 0.15) is 0 Å². The Balaban J connectivity index is 1.90. The van der Waals surface area contributed by atoms with Gasteiger partial charge in [-0.1, -0.05) is 11.3 Å². The van der Waals surface area contributed by atoms with E-state index in [9.17, 15) is 0 Å². The molecule has 0 amide bonds. The molecule has 1 aliphatic carbocycles. The number of anilines is 1. The van der Waals surface area contributed by atoms with Crippen LogP contribution in [0.4, 0.5) is 5.82 Å². The van der Waals surface area contributed by atoms with E-state index in [0.29, 0.717) is 18.3 Å². The summed E-state index contributed by atoms with van der Waals surface area (Å²) < 4.78 is 1.88. The lowest BCUT2D eigenvalue weighted by Crippen LogP contribution is -2.08. The summed E-state index contributed by atoms with van der Waals surface area (Å²) in [4.78, 5) is 4.47. The Hall–Kier alpha value is -1.91. The van der Waals surface area contributed by atoms with E-state index in [1.807, 2.05) is 29.8 Å². The van der Waals surface area contributed by atoms with Crippen molar-refractivity contribution in [2.75, 3.05) is 5.73 Å². The summed E-state index contributed by atoms with van der Waals surface area (Å²) in [7, 11) is 0. The second kappa shape index (κ2) is 3.84. The lowest BCUT2D eigenvalue weighted by Gasteiger charge is -2.05. The van der Waals surface area contributed by atoms with Crippen LogP contribution >= 0.6 is 0 Å². The lowest BCUT2D eigenvalue weighted by molar-refractivity contribution is 0.609. The first-order chi connectivity index (χ1) is 8.24. The Kier molecular flexibility index (Phi) is 2.31. The van der Waals surface area contributed by atoms with Crippen LogP contribution < -0.4 is 5.73 Å². The van der Waals surface area contributed by atoms with Gasteiger partial charge < -0.3 is 5.73 Å². The van der Waals surface area contributed by atoms with Crippen LogP contribution in [0.1, 0.15) is 35.8 Å². The smallest absolute Gasteiger partial charge is 0.169 e. The molecule has 2 N–H and O–H groups in total. The Labute approximate surface area is 99.7 Å². The summed E-state index contributed by atoms with van der Waals surface area (Å²) in [5.74, 6) is 1.12. The van der Waals surface area contributed by atoms with Crippen LogP contribution in [-0.2, 0) is 6.54 Å². The third-order valence-electron chi connectivity index (χ3n) is 3.02. The Bertz CT molecular complexity index is 542. The molecule has 5 nitrogen and oxygen atoms in total. The third kappa shape index (κ3) is 2.00. The molecule has 2 aromatic heterocycles. The first-order valence-corrected chi connectivity index (χ1v) is 5.85. The Morgan fingerprint density at radius 1 is 1.41 bits per heavy atom. The summed E-state index contributed by atoms with van der Waals surface area (Å²) in [5.41, 5.74) is 8.94. The fourth-order valence-corrected chi connectivity index (χ4v) is 2.07. The summed E-state index contributed by atoms with van der Waals surface area (Å²) in [5, 5.41) is 8.06. The number of hydrogen-bond acceptors (Lipinski definition) is 4. The van der Waals surface area contributed by atoms with Crippen LogP contribution in [0.2, 0.25) is 0 Å². The molecule has 17 heavy (non-hydrogen) atoms. The predicted molar refractivity (Wildman–Crippen MR) is 64.5 cm³/mol. The number of hydrogen-bond donors (Lipinski definition) is 1. The molecule has 0 atom stereocenters. The van der Waals surface area contributed by atoms with Gasteiger partial charge in [0, 0.05) is 11.6 Å². The predicted octanol–water partition coefficient (Wildman–Crippen LogP) is 1.49. The van der Waals surface area contributed by atoms with Gasteiger partial charge in [-0.05, 0) is 31.9 Å². The van der Waals surface area contributed by atoms with Gasteiger partial charge in [-0.25, -0.2) is 4.68 Å². The highest BCUT2D eigenvalue weighted by Crippen LogP contribution is 2.41. The van der Waals surface area contributed by atoms with E-state index >= 15 is 0 Å². The second-order valence-corrected chi connectivity index (χ2v) is 4.56. The largest absolute Gasteiger partial charge is 0.381 e. The SMILES string of the molecule is Cc1cccc(Cn2nnc(N)c2C2CC2)n1. The van der Waals surface area contributed by atoms with Crippen LogP contribution in [-0.4, -0.2) is 20.0 Å². The summed E-state index contributed by atoms with van der Waals surface area (Å²) in [6.45, 7) is 2.64. The van der Waals surface area contributed by atoms with Crippen LogP contribution in [0.25, 0.3) is 0 Å². The summed E-state index contributed by atoms with van der Waals surface area (Å²) >= 11 is 0. The first-order valence-electron chi connectivity index (χ1n) is 5.85. The molecule has 0 bridgehead atoms. The zero-order valence-electron chi connectivity index (χ0n) is 9.80. The van der Waals surface area contributed by atoms with Crippen molar-refractivity contribution in [1.82, 2.24) is 20.0 Å². The van der Waals surface area contributed by atoms with Crippen molar-refractivity contribution in [3.63, 3.8) is 0 Å².